The first-order valence-corrected chi connectivity index (χ1v) is 10.2. The molecule has 0 saturated heterocycles. The Bertz CT molecular complexity index is 868. The summed E-state index contributed by atoms with van der Waals surface area (Å²) < 4.78 is 31.9. The fraction of sp³-hybridized carbons (Fsp3) is 0.316. The van der Waals surface area contributed by atoms with E-state index in [0.29, 0.717) is 24.4 Å². The highest BCUT2D eigenvalue weighted by atomic mass is 32.2. The van der Waals surface area contributed by atoms with Crippen molar-refractivity contribution < 1.29 is 17.9 Å². The lowest BCUT2D eigenvalue weighted by Crippen LogP contribution is -2.51. The number of benzene rings is 2. The molecular weight excluding hydrogens is 352 g/mol. The normalized spacial score (nSPS) is 16.5. The van der Waals surface area contributed by atoms with E-state index in [9.17, 15) is 13.2 Å². The van der Waals surface area contributed by atoms with Crippen molar-refractivity contribution in [2.24, 2.45) is 0 Å². The van der Waals surface area contributed by atoms with Crippen LogP contribution >= 0.6 is 0 Å². The number of anilines is 1. The maximum atomic E-state index is 12.5. The Kier molecular flexibility index (Phi) is 5.46. The molecule has 2 aromatic rings. The van der Waals surface area contributed by atoms with Gasteiger partial charge in [-0.25, -0.2) is 8.42 Å². The summed E-state index contributed by atoms with van der Waals surface area (Å²) in [5.41, 5.74) is 1.60. The fourth-order valence-electron chi connectivity index (χ4n) is 2.85. The van der Waals surface area contributed by atoms with E-state index >= 15 is 0 Å². The van der Waals surface area contributed by atoms with Crippen molar-refractivity contribution in [2.75, 3.05) is 23.1 Å². The highest BCUT2D eigenvalue weighted by Gasteiger charge is 2.35. The van der Waals surface area contributed by atoms with Gasteiger partial charge in [-0.3, -0.25) is 9.10 Å². The van der Waals surface area contributed by atoms with Gasteiger partial charge in [0, 0.05) is 6.54 Å². The predicted octanol–water partition coefficient (Wildman–Crippen LogP) is 1.96. The highest BCUT2D eigenvalue weighted by molar-refractivity contribution is 7.92. The molecule has 1 heterocycles. The topological polar surface area (TPSA) is 75.7 Å². The zero-order valence-electron chi connectivity index (χ0n) is 14.6. The molecule has 1 aliphatic rings. The maximum absolute atomic E-state index is 12.5. The van der Waals surface area contributed by atoms with Gasteiger partial charge in [-0.2, -0.15) is 0 Å². The number of hydrogen-bond donors (Lipinski definition) is 1. The van der Waals surface area contributed by atoms with Crippen molar-refractivity contribution in [3.63, 3.8) is 0 Å². The third-order valence-corrected chi connectivity index (χ3v) is 6.03. The smallest absolute Gasteiger partial charge is 0.263 e. The molecule has 0 radical (unpaired) electrons. The van der Waals surface area contributed by atoms with Crippen molar-refractivity contribution in [2.45, 2.75) is 19.4 Å². The van der Waals surface area contributed by atoms with Gasteiger partial charge in [0.1, 0.15) is 5.75 Å². The molecule has 3 rings (SSSR count). The first-order valence-electron chi connectivity index (χ1n) is 8.59. The number of amides is 1. The minimum atomic E-state index is -3.49. The Morgan fingerprint density at radius 2 is 1.85 bits per heavy atom. The van der Waals surface area contributed by atoms with Crippen molar-refractivity contribution in [3.8, 4) is 5.75 Å². The van der Waals surface area contributed by atoms with E-state index in [0.717, 1.165) is 5.56 Å². The minimum Gasteiger partial charge on any atom is -0.476 e. The number of nitrogens with one attached hydrogen (secondary N) is 1. The third-order valence-electron chi connectivity index (χ3n) is 4.28. The van der Waals surface area contributed by atoms with Crippen molar-refractivity contribution in [1.82, 2.24) is 5.32 Å². The third kappa shape index (κ3) is 3.99. The summed E-state index contributed by atoms with van der Waals surface area (Å²) in [7, 11) is -3.49. The van der Waals surface area contributed by atoms with Gasteiger partial charge < -0.3 is 10.1 Å². The van der Waals surface area contributed by atoms with Gasteiger partial charge in [0.05, 0.1) is 18.0 Å². The van der Waals surface area contributed by atoms with E-state index in [1.807, 2.05) is 30.3 Å². The van der Waals surface area contributed by atoms with Crippen LogP contribution in [0.2, 0.25) is 0 Å². The van der Waals surface area contributed by atoms with Crippen LogP contribution in [0.1, 0.15) is 12.5 Å². The summed E-state index contributed by atoms with van der Waals surface area (Å²) >= 11 is 0. The largest absolute Gasteiger partial charge is 0.476 e. The van der Waals surface area contributed by atoms with Gasteiger partial charge in [-0.1, -0.05) is 42.5 Å². The van der Waals surface area contributed by atoms with E-state index in [1.54, 1.807) is 31.2 Å². The molecule has 6 nitrogen and oxygen atoms in total. The Labute approximate surface area is 153 Å². The second-order valence-electron chi connectivity index (χ2n) is 6.03. The van der Waals surface area contributed by atoms with Gasteiger partial charge in [0.2, 0.25) is 10.0 Å². The molecule has 0 bridgehead atoms. The second kappa shape index (κ2) is 7.78. The lowest BCUT2D eigenvalue weighted by Gasteiger charge is -2.34. The SMILES string of the molecule is CCS(=O)(=O)N1CC(C(=O)NCCc2ccccc2)Oc2ccccc21. The second-order valence-corrected chi connectivity index (χ2v) is 8.21. The molecule has 0 saturated carbocycles. The molecule has 2 aromatic carbocycles. The number of rotatable bonds is 6. The number of nitrogens with zero attached hydrogens (tertiary/aromatic N) is 1. The molecule has 138 valence electrons. The summed E-state index contributed by atoms with van der Waals surface area (Å²) in [6, 6.07) is 16.7. The summed E-state index contributed by atoms with van der Waals surface area (Å²) in [5, 5.41) is 2.84. The maximum Gasteiger partial charge on any atom is 0.263 e. The van der Waals surface area contributed by atoms with Crippen molar-refractivity contribution >= 4 is 21.6 Å². The molecule has 1 atom stereocenters. The number of sulfonamides is 1. The zero-order valence-corrected chi connectivity index (χ0v) is 15.4. The summed E-state index contributed by atoms with van der Waals surface area (Å²) in [5.74, 6) is 0.0506. The molecule has 0 fully saturated rings. The summed E-state index contributed by atoms with van der Waals surface area (Å²) in [6.45, 7) is 2.03. The highest BCUT2D eigenvalue weighted by Crippen LogP contribution is 2.34. The Morgan fingerprint density at radius 1 is 1.15 bits per heavy atom. The monoisotopic (exact) mass is 374 g/mol. The number of ether oxygens (including phenoxy) is 1. The number of para-hydroxylation sites is 2. The molecule has 0 aromatic heterocycles. The van der Waals surface area contributed by atoms with E-state index < -0.39 is 16.1 Å². The van der Waals surface area contributed by atoms with Gasteiger partial charge in [-0.05, 0) is 31.0 Å². The number of carbonyl (C=O) groups excluding carboxylic acids is 1. The average Bonchev–Trinajstić information content (AvgIpc) is 2.67. The number of fused-ring (bicyclic) bond motifs is 1. The fourth-order valence-corrected chi connectivity index (χ4v) is 3.97. The van der Waals surface area contributed by atoms with Crippen LogP contribution in [-0.2, 0) is 21.2 Å². The van der Waals surface area contributed by atoms with E-state index in [-0.39, 0.29) is 18.2 Å². The Balaban J connectivity index is 1.69. The molecule has 1 unspecified atom stereocenters. The van der Waals surface area contributed by atoms with Crippen LogP contribution in [0.5, 0.6) is 5.75 Å². The predicted molar refractivity (Wildman–Crippen MR) is 101 cm³/mol. The molecule has 0 spiro atoms. The van der Waals surface area contributed by atoms with E-state index in [1.165, 1.54) is 4.31 Å². The molecule has 26 heavy (non-hydrogen) atoms. The zero-order chi connectivity index (χ0) is 18.6. The van der Waals surface area contributed by atoms with Gasteiger partial charge in [0.15, 0.2) is 6.10 Å². The average molecular weight is 374 g/mol. The summed E-state index contributed by atoms with van der Waals surface area (Å²) in [6.07, 6.45) is -0.172. The van der Waals surface area contributed by atoms with Crippen LogP contribution in [0.25, 0.3) is 0 Å². The molecule has 7 heteroatoms. The Hall–Kier alpha value is -2.54. The molecule has 0 aliphatic carbocycles. The first kappa shape index (κ1) is 18.3. The van der Waals surface area contributed by atoms with Gasteiger partial charge in [-0.15, -0.1) is 0 Å². The van der Waals surface area contributed by atoms with Crippen LogP contribution in [0.15, 0.2) is 54.6 Å². The minimum absolute atomic E-state index is 0.0235. The van der Waals surface area contributed by atoms with Crippen LogP contribution < -0.4 is 14.4 Å². The van der Waals surface area contributed by atoms with Crippen LogP contribution in [0, 0.1) is 0 Å². The molecule has 1 N–H and O–H groups in total. The van der Waals surface area contributed by atoms with Crippen molar-refractivity contribution in [3.05, 3.63) is 60.2 Å². The van der Waals surface area contributed by atoms with Gasteiger partial charge >= 0.3 is 0 Å². The quantitative estimate of drug-likeness (QED) is 0.839. The lowest BCUT2D eigenvalue weighted by atomic mass is 10.1. The van der Waals surface area contributed by atoms with Crippen LogP contribution in [0.3, 0.4) is 0 Å². The van der Waals surface area contributed by atoms with E-state index in [4.69, 9.17) is 4.74 Å². The van der Waals surface area contributed by atoms with Crippen LogP contribution in [0.4, 0.5) is 5.69 Å². The van der Waals surface area contributed by atoms with Crippen LogP contribution in [-0.4, -0.2) is 39.3 Å². The Morgan fingerprint density at radius 3 is 2.58 bits per heavy atom. The first-order chi connectivity index (χ1) is 12.5. The van der Waals surface area contributed by atoms with Gasteiger partial charge in [0.25, 0.3) is 5.91 Å². The van der Waals surface area contributed by atoms with E-state index in [2.05, 4.69) is 5.32 Å². The summed E-state index contributed by atoms with van der Waals surface area (Å²) in [4.78, 5) is 12.5. The molecule has 1 aliphatic heterocycles. The molecule has 1 amide bonds. The number of hydrogen-bond acceptors (Lipinski definition) is 4. The van der Waals surface area contributed by atoms with Crippen molar-refractivity contribution in [1.29, 1.82) is 0 Å². The lowest BCUT2D eigenvalue weighted by molar-refractivity contribution is -0.127. The standard InChI is InChI=1S/C19H22N2O4S/c1-2-26(23,24)21-14-18(25-17-11-7-6-10-16(17)21)19(22)20-13-12-15-8-4-3-5-9-15/h3-11,18H,2,12-14H2,1H3,(H,20,22). The molecular formula is C19H22N2O4S. The number of carbonyl (C=O) groups is 1.